The molecule has 172 valence electrons. The summed E-state index contributed by atoms with van der Waals surface area (Å²) in [5.41, 5.74) is -0.0590. The fourth-order valence-corrected chi connectivity index (χ4v) is 4.90. The van der Waals surface area contributed by atoms with Crippen LogP contribution in [0, 0.1) is 5.92 Å². The molecule has 4 amide bonds. The van der Waals surface area contributed by atoms with Crippen molar-refractivity contribution < 1.29 is 23.9 Å². The van der Waals surface area contributed by atoms with E-state index in [1.807, 2.05) is 7.05 Å². The maximum Gasteiger partial charge on any atom is 0.326 e. The van der Waals surface area contributed by atoms with Crippen LogP contribution < -0.4 is 20.1 Å². The van der Waals surface area contributed by atoms with Crippen LogP contribution in [-0.4, -0.2) is 84.8 Å². The Balaban J connectivity index is 1.13. The number of benzene rings is 1. The Labute approximate surface area is 186 Å². The van der Waals surface area contributed by atoms with Gasteiger partial charge in [-0.15, -0.1) is 0 Å². The molecule has 2 N–H and O–H groups in total. The molecule has 1 aromatic rings. The van der Waals surface area contributed by atoms with Crippen LogP contribution in [0.2, 0.25) is 0 Å². The zero-order valence-corrected chi connectivity index (χ0v) is 18.3. The topological polar surface area (TPSA) is 103 Å². The number of fused-ring (bicyclic) bond motifs is 1. The number of likely N-dealkylation sites (tertiary alicyclic amines) is 2. The Morgan fingerprint density at radius 2 is 1.84 bits per heavy atom. The van der Waals surface area contributed by atoms with Crippen LogP contribution in [0.4, 0.5) is 10.5 Å². The molecule has 4 aliphatic heterocycles. The minimum absolute atomic E-state index is 0.0243. The molecule has 3 fully saturated rings. The predicted molar refractivity (Wildman–Crippen MR) is 115 cm³/mol. The van der Waals surface area contributed by atoms with E-state index in [0.29, 0.717) is 56.0 Å². The molecule has 10 heteroatoms. The number of amides is 4. The van der Waals surface area contributed by atoms with E-state index in [4.69, 9.17) is 9.47 Å². The highest BCUT2D eigenvalue weighted by Crippen LogP contribution is 2.34. The highest BCUT2D eigenvalue weighted by Gasteiger charge is 2.52. The van der Waals surface area contributed by atoms with Crippen molar-refractivity contribution in [2.24, 2.45) is 5.92 Å². The molecule has 0 aromatic heterocycles. The van der Waals surface area contributed by atoms with Crippen molar-refractivity contribution >= 4 is 23.5 Å². The van der Waals surface area contributed by atoms with E-state index < -0.39 is 5.54 Å². The average Bonchev–Trinajstić information content (AvgIpc) is 3.34. The van der Waals surface area contributed by atoms with Crippen molar-refractivity contribution in [3.05, 3.63) is 18.2 Å². The standard InChI is InChI=1S/C22H29N5O5/c1-25-10-6-22(7-11-25)20(29)27(21(30)24-22)13-26-8-4-15(5-9-26)19(28)23-16-2-3-17-18(12-16)32-14-31-17/h2-3,12,15H,4-11,13-14H2,1H3,(H,23,28)(H,24,30). The average molecular weight is 444 g/mol. The summed E-state index contributed by atoms with van der Waals surface area (Å²) >= 11 is 0. The number of hydrogen-bond donors (Lipinski definition) is 2. The number of ether oxygens (including phenoxy) is 2. The molecule has 1 aromatic carbocycles. The van der Waals surface area contributed by atoms with Crippen molar-refractivity contribution in [2.75, 3.05) is 52.0 Å². The maximum absolute atomic E-state index is 13.0. The number of nitrogens with zero attached hydrogens (tertiary/aromatic N) is 3. The fourth-order valence-electron chi connectivity index (χ4n) is 4.90. The van der Waals surface area contributed by atoms with Gasteiger partial charge in [0.05, 0.1) is 6.67 Å². The molecule has 4 aliphatic rings. The number of urea groups is 1. The van der Waals surface area contributed by atoms with Gasteiger partial charge in [-0.3, -0.25) is 14.5 Å². The highest BCUT2D eigenvalue weighted by atomic mass is 16.7. The lowest BCUT2D eigenvalue weighted by Gasteiger charge is -2.36. The summed E-state index contributed by atoms with van der Waals surface area (Å²) in [4.78, 5) is 43.9. The Hall–Kier alpha value is -2.85. The van der Waals surface area contributed by atoms with Crippen LogP contribution in [0.5, 0.6) is 11.5 Å². The van der Waals surface area contributed by atoms with E-state index in [1.165, 1.54) is 4.90 Å². The first-order valence-corrected chi connectivity index (χ1v) is 11.2. The second-order valence-electron chi connectivity index (χ2n) is 9.14. The molecule has 0 aliphatic carbocycles. The first-order chi connectivity index (χ1) is 15.4. The molecule has 0 saturated carbocycles. The van der Waals surface area contributed by atoms with Crippen molar-refractivity contribution in [3.63, 3.8) is 0 Å². The van der Waals surface area contributed by atoms with Gasteiger partial charge in [-0.2, -0.15) is 0 Å². The molecule has 4 heterocycles. The van der Waals surface area contributed by atoms with Crippen LogP contribution in [0.15, 0.2) is 18.2 Å². The molecule has 0 radical (unpaired) electrons. The highest BCUT2D eigenvalue weighted by molar-refractivity contribution is 6.07. The van der Waals surface area contributed by atoms with E-state index in [1.54, 1.807) is 18.2 Å². The number of anilines is 1. The molecule has 0 unspecified atom stereocenters. The second-order valence-corrected chi connectivity index (χ2v) is 9.14. The van der Waals surface area contributed by atoms with E-state index in [2.05, 4.69) is 20.4 Å². The van der Waals surface area contributed by atoms with Gasteiger partial charge >= 0.3 is 6.03 Å². The number of rotatable bonds is 4. The van der Waals surface area contributed by atoms with Crippen molar-refractivity contribution in [1.29, 1.82) is 0 Å². The lowest BCUT2D eigenvalue weighted by Crippen LogP contribution is -2.54. The Kier molecular flexibility index (Phi) is 5.42. The molecule has 1 spiro atoms. The van der Waals surface area contributed by atoms with Crippen molar-refractivity contribution in [3.8, 4) is 11.5 Å². The van der Waals surface area contributed by atoms with Crippen molar-refractivity contribution in [2.45, 2.75) is 31.2 Å². The summed E-state index contributed by atoms with van der Waals surface area (Å²) in [6.45, 7) is 3.38. The summed E-state index contributed by atoms with van der Waals surface area (Å²) in [6, 6.07) is 5.06. The number of hydrogen-bond acceptors (Lipinski definition) is 7. The fraction of sp³-hybridized carbons (Fsp3) is 0.591. The number of carbonyl (C=O) groups excluding carboxylic acids is 3. The maximum atomic E-state index is 13.0. The summed E-state index contributed by atoms with van der Waals surface area (Å²) in [6.07, 6.45) is 2.64. The van der Waals surface area contributed by atoms with Crippen LogP contribution in [0.3, 0.4) is 0 Å². The second kappa shape index (κ2) is 8.25. The van der Waals surface area contributed by atoms with Crippen LogP contribution >= 0.6 is 0 Å². The van der Waals surface area contributed by atoms with E-state index >= 15 is 0 Å². The molecule has 0 bridgehead atoms. The van der Waals surface area contributed by atoms with E-state index in [9.17, 15) is 14.4 Å². The predicted octanol–water partition coefficient (Wildman–Crippen LogP) is 1.04. The molecule has 10 nitrogen and oxygen atoms in total. The van der Waals surface area contributed by atoms with Crippen molar-refractivity contribution in [1.82, 2.24) is 20.0 Å². The first-order valence-electron chi connectivity index (χ1n) is 11.2. The summed E-state index contributed by atoms with van der Waals surface area (Å²) in [5, 5.41) is 5.91. The van der Waals surface area contributed by atoms with Crippen LogP contribution in [-0.2, 0) is 9.59 Å². The summed E-state index contributed by atoms with van der Waals surface area (Å²) < 4.78 is 10.7. The van der Waals surface area contributed by atoms with Gasteiger partial charge in [0.25, 0.3) is 5.91 Å². The molecular formula is C22H29N5O5. The SMILES string of the molecule is CN1CCC2(CC1)NC(=O)N(CN1CCC(C(=O)Nc3ccc4c(c3)OCO4)CC1)C2=O. The smallest absolute Gasteiger partial charge is 0.326 e. The Bertz CT molecular complexity index is 921. The minimum Gasteiger partial charge on any atom is -0.454 e. The van der Waals surface area contributed by atoms with Gasteiger partial charge in [0.15, 0.2) is 11.5 Å². The van der Waals surface area contributed by atoms with E-state index in [-0.39, 0.29) is 37.2 Å². The molecule has 3 saturated heterocycles. The zero-order valence-electron chi connectivity index (χ0n) is 18.3. The van der Waals surface area contributed by atoms with Gasteiger partial charge in [0.2, 0.25) is 12.7 Å². The largest absolute Gasteiger partial charge is 0.454 e. The van der Waals surface area contributed by atoms with Crippen LogP contribution in [0.1, 0.15) is 25.7 Å². The first kappa shape index (κ1) is 21.0. The molecule has 32 heavy (non-hydrogen) atoms. The minimum atomic E-state index is -0.744. The Morgan fingerprint density at radius 1 is 1.12 bits per heavy atom. The summed E-state index contributed by atoms with van der Waals surface area (Å²) in [5.74, 6) is 1.06. The number of imide groups is 1. The quantitative estimate of drug-likeness (QED) is 0.670. The lowest BCUT2D eigenvalue weighted by atomic mass is 9.88. The molecule has 0 atom stereocenters. The lowest BCUT2D eigenvalue weighted by molar-refractivity contribution is -0.135. The normalized spacial score (nSPS) is 23.6. The van der Waals surface area contributed by atoms with Gasteiger partial charge in [-0.05, 0) is 44.9 Å². The number of carbonyl (C=O) groups is 3. The molecular weight excluding hydrogens is 414 g/mol. The van der Waals surface area contributed by atoms with Gasteiger partial charge in [0, 0.05) is 43.9 Å². The monoisotopic (exact) mass is 443 g/mol. The third kappa shape index (κ3) is 3.88. The zero-order chi connectivity index (χ0) is 22.3. The van der Waals surface area contributed by atoms with Crippen LogP contribution in [0.25, 0.3) is 0 Å². The van der Waals surface area contributed by atoms with Gasteiger partial charge in [-0.25, -0.2) is 9.69 Å². The molecule has 5 rings (SSSR count). The number of piperidine rings is 2. The third-order valence-electron chi connectivity index (χ3n) is 7.03. The van der Waals surface area contributed by atoms with Gasteiger partial charge in [-0.1, -0.05) is 0 Å². The summed E-state index contributed by atoms with van der Waals surface area (Å²) in [7, 11) is 2.03. The Morgan fingerprint density at radius 3 is 2.59 bits per heavy atom. The van der Waals surface area contributed by atoms with E-state index in [0.717, 1.165) is 13.1 Å². The number of nitrogens with one attached hydrogen (secondary N) is 2. The third-order valence-corrected chi connectivity index (χ3v) is 7.03. The van der Waals surface area contributed by atoms with Gasteiger partial charge in [0.1, 0.15) is 5.54 Å². The van der Waals surface area contributed by atoms with Gasteiger partial charge < -0.3 is 25.0 Å².